The number of carboxylic acids is 1. The molecule has 26 heavy (non-hydrogen) atoms. The first kappa shape index (κ1) is 17.7. The molecule has 2 heterocycles. The van der Waals surface area contributed by atoms with Crippen molar-refractivity contribution in [1.29, 1.82) is 0 Å². The standard InChI is InChI=1S/C16H14ClFN4O4/c1-25-12-6-9(2-3-11(12)18)14-13(16(23)24)15(21-26-14)19-4-5-22-8-10(17)7-20-22/h2-3,6-8H,4-5H2,1H3,(H,19,21)(H,23,24). The summed E-state index contributed by atoms with van der Waals surface area (Å²) in [5, 5.41) is 20.7. The molecule has 10 heteroatoms. The quantitative estimate of drug-likeness (QED) is 0.649. The van der Waals surface area contributed by atoms with Crippen molar-refractivity contribution in [3.8, 4) is 17.1 Å². The molecule has 0 saturated carbocycles. The molecule has 0 aliphatic heterocycles. The molecule has 8 nitrogen and oxygen atoms in total. The zero-order valence-electron chi connectivity index (χ0n) is 13.6. The van der Waals surface area contributed by atoms with Crippen molar-refractivity contribution in [3.05, 3.63) is 47.0 Å². The van der Waals surface area contributed by atoms with Gasteiger partial charge in [-0.15, -0.1) is 0 Å². The van der Waals surface area contributed by atoms with E-state index in [4.69, 9.17) is 20.9 Å². The number of halogens is 2. The minimum atomic E-state index is -1.23. The van der Waals surface area contributed by atoms with Crippen LogP contribution < -0.4 is 10.1 Å². The van der Waals surface area contributed by atoms with E-state index in [2.05, 4.69) is 15.6 Å². The van der Waals surface area contributed by atoms with Gasteiger partial charge in [-0.3, -0.25) is 4.68 Å². The lowest BCUT2D eigenvalue weighted by Gasteiger charge is -2.05. The number of aromatic nitrogens is 3. The number of carbonyl (C=O) groups is 1. The molecule has 0 aliphatic carbocycles. The van der Waals surface area contributed by atoms with Crippen molar-refractivity contribution in [2.75, 3.05) is 19.0 Å². The molecule has 2 N–H and O–H groups in total. The second-order valence-corrected chi connectivity index (χ2v) is 5.67. The van der Waals surface area contributed by atoms with Gasteiger partial charge >= 0.3 is 5.97 Å². The van der Waals surface area contributed by atoms with Gasteiger partial charge in [-0.05, 0) is 18.2 Å². The van der Waals surface area contributed by atoms with Crippen LogP contribution >= 0.6 is 11.6 Å². The minimum Gasteiger partial charge on any atom is -0.494 e. The molecule has 3 rings (SSSR count). The SMILES string of the molecule is COc1cc(-c2onc(NCCn3cc(Cl)cn3)c2C(=O)O)ccc1F. The predicted octanol–water partition coefficient (Wildman–Crippen LogP) is 3.15. The van der Waals surface area contributed by atoms with Crippen LogP contribution in [0.4, 0.5) is 10.2 Å². The Labute approximate surface area is 152 Å². The molecular formula is C16H14ClFN4O4. The van der Waals surface area contributed by atoms with E-state index in [9.17, 15) is 14.3 Å². The van der Waals surface area contributed by atoms with Crippen LogP contribution in [0.15, 0.2) is 35.1 Å². The summed E-state index contributed by atoms with van der Waals surface area (Å²) in [4.78, 5) is 11.7. The van der Waals surface area contributed by atoms with Gasteiger partial charge in [0.05, 0.1) is 24.9 Å². The number of methoxy groups -OCH3 is 1. The molecular weight excluding hydrogens is 367 g/mol. The van der Waals surface area contributed by atoms with E-state index in [0.29, 0.717) is 23.7 Å². The van der Waals surface area contributed by atoms with Gasteiger partial charge < -0.3 is 19.7 Å². The Morgan fingerprint density at radius 2 is 2.31 bits per heavy atom. The Balaban J connectivity index is 1.83. The highest BCUT2D eigenvalue weighted by Gasteiger charge is 2.24. The summed E-state index contributed by atoms with van der Waals surface area (Å²) in [5.41, 5.74) is 0.178. The molecule has 2 aromatic heterocycles. The Morgan fingerprint density at radius 1 is 1.50 bits per heavy atom. The fraction of sp³-hybridized carbons (Fsp3) is 0.188. The maximum absolute atomic E-state index is 13.6. The molecule has 0 spiro atoms. The van der Waals surface area contributed by atoms with Gasteiger partial charge in [-0.25, -0.2) is 9.18 Å². The van der Waals surface area contributed by atoms with Gasteiger partial charge in [-0.1, -0.05) is 16.8 Å². The van der Waals surface area contributed by atoms with E-state index in [1.807, 2.05) is 0 Å². The molecule has 0 bridgehead atoms. The molecule has 0 radical (unpaired) electrons. The summed E-state index contributed by atoms with van der Waals surface area (Å²) in [7, 11) is 1.31. The largest absolute Gasteiger partial charge is 0.494 e. The lowest BCUT2D eigenvalue weighted by Crippen LogP contribution is -2.13. The molecule has 3 aromatic rings. The van der Waals surface area contributed by atoms with Crippen molar-refractivity contribution < 1.29 is 23.6 Å². The van der Waals surface area contributed by atoms with Gasteiger partial charge in [0, 0.05) is 18.3 Å². The Morgan fingerprint density at radius 3 is 2.96 bits per heavy atom. The lowest BCUT2D eigenvalue weighted by molar-refractivity contribution is 0.0698. The normalized spacial score (nSPS) is 10.7. The average molecular weight is 381 g/mol. The number of ether oxygens (including phenoxy) is 1. The van der Waals surface area contributed by atoms with Gasteiger partial charge in [0.15, 0.2) is 28.7 Å². The number of rotatable bonds is 7. The molecule has 0 amide bonds. The maximum Gasteiger partial charge on any atom is 0.343 e. The zero-order valence-corrected chi connectivity index (χ0v) is 14.3. The van der Waals surface area contributed by atoms with E-state index < -0.39 is 11.8 Å². The summed E-state index contributed by atoms with van der Waals surface area (Å²) < 4.78 is 25.2. The topological polar surface area (TPSA) is 102 Å². The minimum absolute atomic E-state index is 0.000401. The van der Waals surface area contributed by atoms with E-state index >= 15 is 0 Å². The fourth-order valence-corrected chi connectivity index (χ4v) is 2.51. The molecule has 0 unspecified atom stereocenters. The number of hydrogen-bond acceptors (Lipinski definition) is 6. The molecule has 1 aromatic carbocycles. The van der Waals surface area contributed by atoms with Crippen LogP contribution in [-0.4, -0.2) is 39.7 Å². The van der Waals surface area contributed by atoms with E-state index in [-0.39, 0.29) is 22.9 Å². The van der Waals surface area contributed by atoms with Crippen molar-refractivity contribution in [3.63, 3.8) is 0 Å². The van der Waals surface area contributed by atoms with Crippen molar-refractivity contribution in [1.82, 2.24) is 14.9 Å². The number of nitrogens with zero attached hydrogens (tertiary/aromatic N) is 3. The van der Waals surface area contributed by atoms with E-state index in [1.54, 1.807) is 10.9 Å². The Bertz CT molecular complexity index is 940. The van der Waals surface area contributed by atoms with Crippen LogP contribution in [-0.2, 0) is 6.54 Å². The molecule has 0 aliphatic rings. The number of aromatic carboxylic acids is 1. The zero-order chi connectivity index (χ0) is 18.7. The lowest BCUT2D eigenvalue weighted by atomic mass is 10.1. The van der Waals surface area contributed by atoms with Gasteiger partial charge in [0.1, 0.15) is 0 Å². The van der Waals surface area contributed by atoms with Crippen LogP contribution in [0.5, 0.6) is 5.75 Å². The second kappa shape index (κ2) is 7.44. The van der Waals surface area contributed by atoms with E-state index in [1.165, 1.54) is 25.4 Å². The molecule has 136 valence electrons. The van der Waals surface area contributed by atoms with Crippen molar-refractivity contribution in [2.45, 2.75) is 6.54 Å². The molecule has 0 atom stereocenters. The summed E-state index contributed by atoms with van der Waals surface area (Å²) >= 11 is 5.78. The highest BCUT2D eigenvalue weighted by Crippen LogP contribution is 2.32. The summed E-state index contributed by atoms with van der Waals surface area (Å²) in [6, 6.07) is 3.90. The maximum atomic E-state index is 13.6. The first-order valence-electron chi connectivity index (χ1n) is 7.48. The number of benzene rings is 1. The van der Waals surface area contributed by atoms with Gasteiger partial charge in [0.25, 0.3) is 0 Å². The van der Waals surface area contributed by atoms with Crippen molar-refractivity contribution in [2.24, 2.45) is 0 Å². The highest BCUT2D eigenvalue weighted by molar-refractivity contribution is 6.30. The third-order valence-corrected chi connectivity index (χ3v) is 3.75. The van der Waals surface area contributed by atoms with Crippen LogP contribution in [0.1, 0.15) is 10.4 Å². The second-order valence-electron chi connectivity index (χ2n) is 5.24. The fourth-order valence-electron chi connectivity index (χ4n) is 2.36. The Hall–Kier alpha value is -3.07. The number of hydrogen-bond donors (Lipinski definition) is 2. The first-order valence-corrected chi connectivity index (χ1v) is 7.86. The van der Waals surface area contributed by atoms with Crippen molar-refractivity contribution >= 4 is 23.4 Å². The third-order valence-electron chi connectivity index (χ3n) is 3.55. The van der Waals surface area contributed by atoms with Crippen LogP contribution in [0.25, 0.3) is 11.3 Å². The molecule has 0 saturated heterocycles. The number of anilines is 1. The monoisotopic (exact) mass is 380 g/mol. The first-order chi connectivity index (χ1) is 12.5. The number of carboxylic acid groups (broad SMARTS) is 1. The van der Waals surface area contributed by atoms with Crippen LogP contribution in [0.2, 0.25) is 5.02 Å². The van der Waals surface area contributed by atoms with Crippen LogP contribution in [0.3, 0.4) is 0 Å². The predicted molar refractivity (Wildman–Crippen MR) is 91.1 cm³/mol. The summed E-state index contributed by atoms with van der Waals surface area (Å²) in [5.74, 6) is -1.76. The van der Waals surface area contributed by atoms with Gasteiger partial charge in [-0.2, -0.15) is 5.10 Å². The highest BCUT2D eigenvalue weighted by atomic mass is 35.5. The summed E-state index contributed by atoms with van der Waals surface area (Å²) in [6.07, 6.45) is 3.14. The molecule has 0 fully saturated rings. The Kier molecular flexibility index (Phi) is 5.08. The van der Waals surface area contributed by atoms with Crippen LogP contribution in [0, 0.1) is 5.82 Å². The smallest absolute Gasteiger partial charge is 0.343 e. The van der Waals surface area contributed by atoms with E-state index in [0.717, 1.165) is 6.07 Å². The average Bonchev–Trinajstić information content (AvgIpc) is 3.22. The number of nitrogens with one attached hydrogen (secondary N) is 1. The van der Waals surface area contributed by atoms with Gasteiger partial charge in [0.2, 0.25) is 0 Å². The summed E-state index contributed by atoms with van der Waals surface area (Å²) in [6.45, 7) is 0.787. The third kappa shape index (κ3) is 3.62.